The van der Waals surface area contributed by atoms with Gasteiger partial charge in [-0.15, -0.1) is 11.3 Å². The Hall–Kier alpha value is -5.58. The van der Waals surface area contributed by atoms with E-state index >= 15 is 0 Å². The van der Waals surface area contributed by atoms with Crippen LogP contribution < -0.4 is 26.2 Å². The van der Waals surface area contributed by atoms with Crippen molar-refractivity contribution in [3.63, 3.8) is 0 Å². The number of hydrogen-bond donors (Lipinski definition) is 0. The van der Waals surface area contributed by atoms with Crippen LogP contribution >= 0.6 is 11.3 Å². The van der Waals surface area contributed by atoms with E-state index in [-0.39, 0.29) is 28.4 Å². The fourth-order valence-corrected chi connectivity index (χ4v) is 11.6. The Morgan fingerprint density at radius 1 is 0.541 bits per heavy atom. The van der Waals surface area contributed by atoms with Crippen molar-refractivity contribution in [1.82, 2.24) is 0 Å². The van der Waals surface area contributed by atoms with Gasteiger partial charge < -0.3 is 9.80 Å². The van der Waals surface area contributed by atoms with Crippen LogP contribution in [-0.4, -0.2) is 6.71 Å². The summed E-state index contributed by atoms with van der Waals surface area (Å²) in [5.74, 6) is 0. The molecule has 0 N–H and O–H groups in total. The fourth-order valence-electron chi connectivity index (χ4n) is 10.4. The van der Waals surface area contributed by atoms with Crippen LogP contribution in [0.5, 0.6) is 0 Å². The average Bonchev–Trinajstić information content (AvgIpc) is 3.61. The minimum atomic E-state index is -0.303. The molecule has 0 radical (unpaired) electrons. The third kappa shape index (κ3) is 6.27. The molecule has 0 amide bonds. The summed E-state index contributed by atoms with van der Waals surface area (Å²) in [5.41, 5.74) is 18.2. The first-order valence-corrected chi connectivity index (χ1v) is 22.9. The zero-order valence-electron chi connectivity index (χ0n) is 37.7. The molecule has 10 rings (SSSR count). The molecule has 2 nitrogen and oxygen atoms in total. The quantitative estimate of drug-likeness (QED) is 0.163. The van der Waals surface area contributed by atoms with E-state index < -0.39 is 0 Å². The van der Waals surface area contributed by atoms with Crippen molar-refractivity contribution < 1.29 is 0 Å². The molecule has 0 saturated carbocycles. The van der Waals surface area contributed by atoms with Crippen LogP contribution in [-0.2, 0) is 21.7 Å². The fraction of sp³-hybridized carbons (Fsp3) is 0.263. The number of nitrogens with zero attached hydrogens (tertiary/aromatic N) is 2. The molecule has 0 unspecified atom stereocenters. The summed E-state index contributed by atoms with van der Waals surface area (Å²) in [6.45, 7) is 26.1. The molecule has 2 aliphatic rings. The molecular formula is C57H57BN2S. The Morgan fingerprint density at radius 3 is 1.90 bits per heavy atom. The predicted octanol–water partition coefficient (Wildman–Crippen LogP) is 14.4. The summed E-state index contributed by atoms with van der Waals surface area (Å²) in [5, 5.41) is 2.62. The van der Waals surface area contributed by atoms with Crippen molar-refractivity contribution in [3.8, 4) is 0 Å². The van der Waals surface area contributed by atoms with Crippen molar-refractivity contribution >= 4 is 88.7 Å². The van der Waals surface area contributed by atoms with Gasteiger partial charge in [-0.3, -0.25) is 0 Å². The summed E-state index contributed by atoms with van der Waals surface area (Å²) >= 11 is 1.89. The van der Waals surface area contributed by atoms with Gasteiger partial charge in [-0.25, -0.2) is 0 Å². The van der Waals surface area contributed by atoms with E-state index in [2.05, 4.69) is 232 Å². The second-order valence-corrected chi connectivity index (χ2v) is 22.1. The Labute approximate surface area is 368 Å². The maximum atomic E-state index is 2.56. The van der Waals surface area contributed by atoms with Crippen LogP contribution in [0.1, 0.15) is 104 Å². The summed E-state index contributed by atoms with van der Waals surface area (Å²) in [6, 6.07) is 55.6. The molecule has 0 aliphatic carbocycles. The summed E-state index contributed by atoms with van der Waals surface area (Å²) < 4.78 is 2.62. The zero-order valence-corrected chi connectivity index (χ0v) is 38.6. The summed E-state index contributed by atoms with van der Waals surface area (Å²) in [6.07, 6.45) is 0. The molecule has 0 atom stereocenters. The van der Waals surface area contributed by atoms with E-state index in [4.69, 9.17) is 0 Å². The molecule has 7 aromatic carbocycles. The van der Waals surface area contributed by atoms with Crippen LogP contribution in [0.3, 0.4) is 0 Å². The number of hydrogen-bond acceptors (Lipinski definition) is 3. The molecule has 2 aliphatic heterocycles. The van der Waals surface area contributed by atoms with Gasteiger partial charge in [0, 0.05) is 49.3 Å². The van der Waals surface area contributed by atoms with Gasteiger partial charge in [0.15, 0.2) is 0 Å². The largest absolute Gasteiger partial charge is 0.312 e. The number of thiophene rings is 1. The lowest BCUT2D eigenvalue weighted by Gasteiger charge is -2.48. The number of fused-ring (bicyclic) bond motifs is 7. The van der Waals surface area contributed by atoms with Crippen LogP contribution in [0.4, 0.5) is 34.1 Å². The summed E-state index contributed by atoms with van der Waals surface area (Å²) in [4.78, 5) is 5.06. The molecule has 0 bridgehead atoms. The van der Waals surface area contributed by atoms with Gasteiger partial charge in [0.25, 0.3) is 0 Å². The molecule has 61 heavy (non-hydrogen) atoms. The van der Waals surface area contributed by atoms with Crippen molar-refractivity contribution in [3.05, 3.63) is 173 Å². The van der Waals surface area contributed by atoms with Crippen LogP contribution in [0.2, 0.25) is 0 Å². The van der Waals surface area contributed by atoms with Crippen LogP contribution in [0, 0.1) is 0 Å². The first kappa shape index (κ1) is 39.6. The van der Waals surface area contributed by atoms with E-state index in [0.29, 0.717) is 0 Å². The highest BCUT2D eigenvalue weighted by atomic mass is 32.1. The third-order valence-corrected chi connectivity index (χ3v) is 14.7. The van der Waals surface area contributed by atoms with Crippen LogP contribution in [0.25, 0.3) is 20.2 Å². The van der Waals surface area contributed by atoms with E-state index in [9.17, 15) is 0 Å². The van der Waals surface area contributed by atoms with Crippen LogP contribution in [0.15, 0.2) is 146 Å². The molecule has 0 saturated heterocycles. The lowest BCUT2D eigenvalue weighted by Crippen LogP contribution is -2.64. The predicted molar refractivity (Wildman–Crippen MR) is 268 cm³/mol. The summed E-state index contributed by atoms with van der Waals surface area (Å²) in [7, 11) is 0. The standard InChI is InChI=1S/C57H57BN2S/c1-54(2,3)36-24-27-39(28-25-36)60-47-32-26-37(55(4,5)6)34-46(47)58-45-31-29-40(35-44(45)57(10,11)51-43(56(7,8)9)30-33-48(60)52(51)58)59(38-18-13-12-14-19-38)49-22-17-21-42-41-20-15-16-23-50(41)61-53(42)49/h12-35H,1-11H3. The van der Waals surface area contributed by atoms with Gasteiger partial charge in [-0.05, 0) is 116 Å². The number of anilines is 6. The highest BCUT2D eigenvalue weighted by Gasteiger charge is 2.48. The Kier molecular flexibility index (Phi) is 8.89. The van der Waals surface area contributed by atoms with Gasteiger partial charge in [-0.1, -0.05) is 167 Å². The van der Waals surface area contributed by atoms with Crippen molar-refractivity contribution in [2.75, 3.05) is 9.80 Å². The lowest BCUT2D eigenvalue weighted by atomic mass is 9.29. The first-order chi connectivity index (χ1) is 28.9. The SMILES string of the molecule is CC(C)(C)c1ccc(N2c3ccc(C(C)(C)C)cc3B3c4ccc(N(c5ccccc5)c5cccc6c5sc5ccccc56)cc4C(C)(C)c4c(C(C)(C)C)ccc2c43)cc1. The minimum absolute atomic E-state index is 0.00495. The molecule has 8 aromatic rings. The molecule has 1 aromatic heterocycles. The van der Waals surface area contributed by atoms with Crippen molar-refractivity contribution in [2.24, 2.45) is 0 Å². The monoisotopic (exact) mass is 812 g/mol. The topological polar surface area (TPSA) is 6.48 Å². The maximum absolute atomic E-state index is 2.56. The van der Waals surface area contributed by atoms with Crippen molar-refractivity contribution in [1.29, 1.82) is 0 Å². The molecule has 3 heterocycles. The van der Waals surface area contributed by atoms with Gasteiger partial charge >= 0.3 is 0 Å². The molecule has 304 valence electrons. The third-order valence-electron chi connectivity index (χ3n) is 13.5. The highest BCUT2D eigenvalue weighted by molar-refractivity contribution is 7.26. The Balaban J connectivity index is 1.25. The zero-order chi connectivity index (χ0) is 42.8. The van der Waals surface area contributed by atoms with E-state index in [0.717, 1.165) is 5.69 Å². The second-order valence-electron chi connectivity index (χ2n) is 21.1. The highest BCUT2D eigenvalue weighted by Crippen LogP contribution is 2.49. The lowest BCUT2D eigenvalue weighted by molar-refractivity contribution is 0.552. The molecule has 0 spiro atoms. The molecular weight excluding hydrogens is 756 g/mol. The number of rotatable bonds is 4. The van der Waals surface area contributed by atoms with Crippen molar-refractivity contribution in [2.45, 2.75) is 97.8 Å². The van der Waals surface area contributed by atoms with E-state index in [1.165, 1.54) is 92.8 Å². The Morgan fingerprint density at radius 2 is 1.20 bits per heavy atom. The van der Waals surface area contributed by atoms with Gasteiger partial charge in [0.1, 0.15) is 0 Å². The number of para-hydroxylation sites is 1. The first-order valence-electron chi connectivity index (χ1n) is 22.1. The average molecular weight is 813 g/mol. The molecule has 0 fully saturated rings. The molecule has 4 heteroatoms. The Bertz CT molecular complexity index is 3010. The smallest absolute Gasteiger partial charge is 0.247 e. The normalized spacial score (nSPS) is 14.5. The second kappa shape index (κ2) is 13.7. The van der Waals surface area contributed by atoms with Gasteiger partial charge in [0.2, 0.25) is 6.71 Å². The van der Waals surface area contributed by atoms with E-state index in [1.807, 2.05) is 11.3 Å². The minimum Gasteiger partial charge on any atom is -0.312 e. The van der Waals surface area contributed by atoms with Gasteiger partial charge in [-0.2, -0.15) is 0 Å². The number of benzene rings is 7. The van der Waals surface area contributed by atoms with Gasteiger partial charge in [0.05, 0.1) is 10.4 Å². The van der Waals surface area contributed by atoms with E-state index in [1.54, 1.807) is 0 Å². The maximum Gasteiger partial charge on any atom is 0.247 e.